The zero-order chi connectivity index (χ0) is 22.9. The van der Waals surface area contributed by atoms with Crippen LogP contribution in [0.25, 0.3) is 16.6 Å². The summed E-state index contributed by atoms with van der Waals surface area (Å²) in [5.74, 6) is 0.584. The van der Waals surface area contributed by atoms with Crippen LogP contribution in [0.4, 0.5) is 0 Å². The first-order chi connectivity index (χ1) is 16.0. The molecule has 1 aliphatic heterocycles. The number of benzene rings is 2. The van der Waals surface area contributed by atoms with Crippen molar-refractivity contribution in [3.8, 4) is 11.4 Å². The minimum absolute atomic E-state index is 0. The third-order valence-electron chi connectivity index (χ3n) is 6.79. The van der Waals surface area contributed by atoms with Crippen LogP contribution in [-0.2, 0) is 26.6 Å². The third kappa shape index (κ3) is 4.63. The smallest absolute Gasteiger partial charge is 0.258 e. The minimum Gasteiger partial charge on any atom is -0.489 e. The second kappa shape index (κ2) is 10.1. The number of hydrogen-bond acceptors (Lipinski definition) is 3. The van der Waals surface area contributed by atoms with E-state index in [9.17, 15) is 4.79 Å². The van der Waals surface area contributed by atoms with Gasteiger partial charge in [-0.1, -0.05) is 36.4 Å². The molecule has 0 N–H and O–H groups in total. The Labute approximate surface area is 207 Å². The van der Waals surface area contributed by atoms with E-state index in [1.807, 2.05) is 36.4 Å². The molecule has 2 aromatic heterocycles. The molecule has 5 rings (SSSR count). The van der Waals surface area contributed by atoms with Crippen LogP contribution in [0, 0.1) is 0 Å². The number of rotatable bonds is 5. The largest absolute Gasteiger partial charge is 0.489 e. The highest BCUT2D eigenvalue weighted by Gasteiger charge is 2.22. The highest BCUT2D eigenvalue weighted by atomic mass is 35.5. The summed E-state index contributed by atoms with van der Waals surface area (Å²) in [5, 5.41) is 1.29. The number of fused-ring (bicyclic) bond motifs is 3. The Morgan fingerprint density at radius 1 is 1.03 bits per heavy atom. The highest BCUT2D eigenvalue weighted by molar-refractivity contribution is 5.87. The zero-order valence-electron chi connectivity index (χ0n) is 20.0. The molecular formula is C28H32ClN3O2. The van der Waals surface area contributed by atoms with Gasteiger partial charge in [-0.3, -0.25) is 14.3 Å². The Balaban J connectivity index is 0.00000274. The van der Waals surface area contributed by atoms with Crippen LogP contribution in [0.1, 0.15) is 37.1 Å². The van der Waals surface area contributed by atoms with Gasteiger partial charge in [0.15, 0.2) is 0 Å². The predicted octanol–water partition coefficient (Wildman–Crippen LogP) is 5.49. The van der Waals surface area contributed by atoms with Gasteiger partial charge in [0.25, 0.3) is 5.56 Å². The third-order valence-corrected chi connectivity index (χ3v) is 6.79. The fourth-order valence-electron chi connectivity index (χ4n) is 4.88. The van der Waals surface area contributed by atoms with Gasteiger partial charge >= 0.3 is 0 Å². The second-order valence-electron chi connectivity index (χ2n) is 9.20. The van der Waals surface area contributed by atoms with Crippen LogP contribution < -0.4 is 10.3 Å². The average Bonchev–Trinajstić information content (AvgIpc) is 2.96. The van der Waals surface area contributed by atoms with Gasteiger partial charge in [0.2, 0.25) is 0 Å². The van der Waals surface area contributed by atoms with E-state index in [0.29, 0.717) is 18.4 Å². The van der Waals surface area contributed by atoms with E-state index in [1.54, 1.807) is 16.8 Å². The van der Waals surface area contributed by atoms with Gasteiger partial charge < -0.3 is 9.30 Å². The Bertz CT molecular complexity index is 1340. The van der Waals surface area contributed by atoms with Crippen molar-refractivity contribution in [1.82, 2.24) is 14.0 Å². The molecule has 3 heterocycles. The van der Waals surface area contributed by atoms with Crippen molar-refractivity contribution in [2.45, 2.75) is 45.9 Å². The zero-order valence-corrected chi connectivity index (χ0v) is 20.8. The predicted molar refractivity (Wildman–Crippen MR) is 140 cm³/mol. The average molecular weight is 478 g/mol. The molecule has 34 heavy (non-hydrogen) atoms. The molecule has 6 heteroatoms. The van der Waals surface area contributed by atoms with E-state index in [4.69, 9.17) is 4.74 Å². The quantitative estimate of drug-likeness (QED) is 0.381. The molecule has 0 aliphatic carbocycles. The number of pyridine rings is 1. The molecule has 0 spiro atoms. The van der Waals surface area contributed by atoms with Gasteiger partial charge in [0.05, 0.1) is 11.2 Å². The van der Waals surface area contributed by atoms with E-state index in [-0.39, 0.29) is 18.0 Å². The fraction of sp³-hybridized carbons (Fsp3) is 0.321. The summed E-state index contributed by atoms with van der Waals surface area (Å²) in [6.07, 6.45) is 4.07. The molecule has 0 bridgehead atoms. The highest BCUT2D eigenvalue weighted by Crippen LogP contribution is 2.31. The van der Waals surface area contributed by atoms with Crippen molar-refractivity contribution in [3.63, 3.8) is 0 Å². The summed E-state index contributed by atoms with van der Waals surface area (Å²) in [6, 6.07) is 20.3. The summed E-state index contributed by atoms with van der Waals surface area (Å²) in [7, 11) is 2.15. The van der Waals surface area contributed by atoms with Gasteiger partial charge in [-0.25, -0.2) is 0 Å². The topological polar surface area (TPSA) is 39.4 Å². The molecular weight excluding hydrogens is 446 g/mol. The standard InChI is InChI=1S/C28H31N3O2.ClH/c1-20(2)30-14-7-10-26-25(18-30)24-12-11-22(16-27(24)29(26)3)31-15-13-23(17-28(31)32)33-19-21-8-5-4-6-9-21;/h4-6,8-9,11-13,15-17,20H,7,10,14,18-19H2,1-3H3;1H. The number of ether oxygens (including phenoxy) is 1. The SMILES string of the molecule is CC(C)N1CCCc2c(c3ccc(-n4ccc(OCc5ccccc5)cc4=O)cc3n2C)C1.Cl. The maximum absolute atomic E-state index is 12.9. The van der Waals surface area contributed by atoms with Gasteiger partial charge in [0.1, 0.15) is 12.4 Å². The Morgan fingerprint density at radius 3 is 2.56 bits per heavy atom. The Hall–Kier alpha value is -3.02. The van der Waals surface area contributed by atoms with Gasteiger partial charge in [-0.05, 0) is 62.6 Å². The van der Waals surface area contributed by atoms with Crippen molar-refractivity contribution in [2.75, 3.05) is 6.54 Å². The maximum atomic E-state index is 12.9. The van der Waals surface area contributed by atoms with E-state index < -0.39 is 0 Å². The molecule has 5 nitrogen and oxygen atoms in total. The molecule has 0 fully saturated rings. The van der Waals surface area contributed by atoms with Gasteiger partial charge in [-0.2, -0.15) is 0 Å². The lowest BCUT2D eigenvalue weighted by molar-refractivity contribution is 0.217. The number of hydrogen-bond donors (Lipinski definition) is 0. The summed E-state index contributed by atoms with van der Waals surface area (Å²) in [4.78, 5) is 15.5. The Morgan fingerprint density at radius 2 is 1.82 bits per heavy atom. The first-order valence-corrected chi connectivity index (χ1v) is 11.8. The molecule has 0 saturated carbocycles. The lowest BCUT2D eigenvalue weighted by atomic mass is 10.1. The molecule has 178 valence electrons. The number of nitrogens with zero attached hydrogens (tertiary/aromatic N) is 3. The summed E-state index contributed by atoms with van der Waals surface area (Å²) in [6.45, 7) is 7.11. The van der Waals surface area contributed by atoms with Crippen molar-refractivity contribution < 1.29 is 4.74 Å². The lowest BCUT2D eigenvalue weighted by Crippen LogP contribution is -2.30. The first-order valence-electron chi connectivity index (χ1n) is 11.8. The van der Waals surface area contributed by atoms with Crippen LogP contribution in [0.15, 0.2) is 71.7 Å². The number of aromatic nitrogens is 2. The molecule has 0 saturated heterocycles. The molecule has 2 aromatic carbocycles. The van der Waals surface area contributed by atoms with Crippen molar-refractivity contribution in [1.29, 1.82) is 0 Å². The second-order valence-corrected chi connectivity index (χ2v) is 9.20. The minimum atomic E-state index is -0.0957. The summed E-state index contributed by atoms with van der Waals surface area (Å²) >= 11 is 0. The van der Waals surface area contributed by atoms with Crippen LogP contribution in [0.3, 0.4) is 0 Å². The Kier molecular flexibility index (Phi) is 7.15. The van der Waals surface area contributed by atoms with Crippen LogP contribution >= 0.6 is 12.4 Å². The van der Waals surface area contributed by atoms with Crippen molar-refractivity contribution >= 4 is 23.3 Å². The van der Waals surface area contributed by atoms with Gasteiger partial charge in [-0.15, -0.1) is 12.4 Å². The molecule has 0 atom stereocenters. The number of halogens is 1. The van der Waals surface area contributed by atoms with Crippen LogP contribution in [0.5, 0.6) is 5.75 Å². The lowest BCUT2D eigenvalue weighted by Gasteiger charge is -2.24. The molecule has 1 aliphatic rings. The molecule has 0 radical (unpaired) electrons. The van der Waals surface area contributed by atoms with Crippen molar-refractivity contribution in [2.24, 2.45) is 7.05 Å². The van der Waals surface area contributed by atoms with Crippen molar-refractivity contribution in [3.05, 3.63) is 94.0 Å². The normalized spacial score (nSPS) is 14.0. The van der Waals surface area contributed by atoms with E-state index in [1.165, 1.54) is 28.6 Å². The molecule has 4 aromatic rings. The molecule has 0 amide bonds. The molecule has 0 unspecified atom stereocenters. The maximum Gasteiger partial charge on any atom is 0.258 e. The van der Waals surface area contributed by atoms with Gasteiger partial charge in [0, 0.05) is 43.0 Å². The van der Waals surface area contributed by atoms with Crippen LogP contribution in [-0.4, -0.2) is 26.6 Å². The van der Waals surface area contributed by atoms with E-state index in [2.05, 4.69) is 48.6 Å². The van der Waals surface area contributed by atoms with Crippen LogP contribution in [0.2, 0.25) is 0 Å². The summed E-state index contributed by atoms with van der Waals surface area (Å²) in [5.41, 5.74) is 5.89. The monoisotopic (exact) mass is 477 g/mol. The first kappa shape index (κ1) is 24.1. The van der Waals surface area contributed by atoms with E-state index in [0.717, 1.165) is 30.8 Å². The summed E-state index contributed by atoms with van der Waals surface area (Å²) < 4.78 is 9.84. The number of aryl methyl sites for hydroxylation is 1. The fourth-order valence-corrected chi connectivity index (χ4v) is 4.88. The van der Waals surface area contributed by atoms with E-state index >= 15 is 0 Å².